The maximum Gasteiger partial charge on any atom is 0.348 e. The maximum absolute atomic E-state index is 13.4. The van der Waals surface area contributed by atoms with Crippen LogP contribution in [-0.2, 0) is 22.6 Å². The van der Waals surface area contributed by atoms with Crippen LogP contribution in [0.4, 0.5) is 4.39 Å². The van der Waals surface area contributed by atoms with Crippen LogP contribution < -0.4 is 11.1 Å². The van der Waals surface area contributed by atoms with Gasteiger partial charge in [0.1, 0.15) is 22.6 Å². The van der Waals surface area contributed by atoms with Gasteiger partial charge in [0.15, 0.2) is 0 Å². The molecule has 2 aromatic rings. The van der Waals surface area contributed by atoms with E-state index in [1.54, 1.807) is 33.8 Å². The van der Waals surface area contributed by atoms with Gasteiger partial charge in [0.05, 0.1) is 6.54 Å². The minimum absolute atomic E-state index is 0.0790. The summed E-state index contributed by atoms with van der Waals surface area (Å²) in [6, 6.07) is 5.54. The van der Waals surface area contributed by atoms with Gasteiger partial charge in [-0.15, -0.1) is 0 Å². The molecule has 0 bridgehead atoms. The van der Waals surface area contributed by atoms with Gasteiger partial charge in [-0.2, -0.15) is 4.68 Å². The highest BCUT2D eigenvalue weighted by Gasteiger charge is 2.18. The van der Waals surface area contributed by atoms with E-state index in [4.69, 9.17) is 28.6 Å². The number of carbonyl (C=O) groups is 1. The molecule has 0 spiro atoms. The quantitative estimate of drug-likeness (QED) is 0.599. The summed E-state index contributed by atoms with van der Waals surface area (Å²) in [5, 5.41) is 0.358. The molecule has 6 nitrogen and oxygen atoms in total. The third-order valence-electron chi connectivity index (χ3n) is 3.54. The molecule has 0 aliphatic rings. The molecule has 0 unspecified atom stereocenters. The Labute approximate surface area is 166 Å². The highest BCUT2D eigenvalue weighted by Crippen LogP contribution is 2.17. The SMILES string of the molecule is Cc1cc(=S)n(NCc2cc(F)ccc2Cl)c(=O)n1CC(=O)OC(C)(C)C. The summed E-state index contributed by atoms with van der Waals surface area (Å²) < 4.78 is 21.3. The third kappa shape index (κ3) is 5.64. The van der Waals surface area contributed by atoms with Crippen LogP contribution in [-0.4, -0.2) is 20.8 Å². The van der Waals surface area contributed by atoms with Gasteiger partial charge in [0, 0.05) is 10.7 Å². The lowest BCUT2D eigenvalue weighted by molar-refractivity contribution is -0.155. The Balaban J connectivity index is 2.30. The molecular weight excluding hydrogens is 393 g/mol. The van der Waals surface area contributed by atoms with Crippen molar-refractivity contribution in [2.24, 2.45) is 0 Å². The van der Waals surface area contributed by atoms with Crippen LogP contribution >= 0.6 is 23.8 Å². The van der Waals surface area contributed by atoms with Gasteiger partial charge in [-0.1, -0.05) is 23.8 Å². The van der Waals surface area contributed by atoms with E-state index in [-0.39, 0.29) is 17.7 Å². The highest BCUT2D eigenvalue weighted by atomic mass is 35.5. The number of rotatable bonds is 5. The lowest BCUT2D eigenvalue weighted by atomic mass is 10.2. The van der Waals surface area contributed by atoms with E-state index in [0.29, 0.717) is 16.3 Å². The number of aromatic nitrogens is 2. The fourth-order valence-electron chi connectivity index (χ4n) is 2.37. The van der Waals surface area contributed by atoms with E-state index >= 15 is 0 Å². The van der Waals surface area contributed by atoms with Crippen molar-refractivity contribution in [1.82, 2.24) is 9.24 Å². The number of halogens is 2. The second-order valence-corrected chi connectivity index (χ2v) is 7.81. The number of nitrogens with zero attached hydrogens (tertiary/aromatic N) is 2. The number of aryl methyl sites for hydroxylation is 1. The van der Waals surface area contributed by atoms with E-state index in [0.717, 1.165) is 4.68 Å². The summed E-state index contributed by atoms with van der Waals surface area (Å²) in [4.78, 5) is 24.9. The van der Waals surface area contributed by atoms with Crippen LogP contribution in [0.25, 0.3) is 0 Å². The second kappa shape index (κ2) is 8.22. The highest BCUT2D eigenvalue weighted by molar-refractivity contribution is 7.71. The topological polar surface area (TPSA) is 65.3 Å². The fourth-order valence-corrected chi connectivity index (χ4v) is 2.87. The van der Waals surface area contributed by atoms with Gasteiger partial charge < -0.3 is 10.2 Å². The predicted octanol–water partition coefficient (Wildman–Crippen LogP) is 3.57. The first-order chi connectivity index (χ1) is 12.5. The van der Waals surface area contributed by atoms with Gasteiger partial charge in [-0.05, 0) is 57.5 Å². The number of carbonyl (C=O) groups excluding carboxylic acids is 1. The molecule has 0 radical (unpaired) electrons. The van der Waals surface area contributed by atoms with Gasteiger partial charge in [-0.25, -0.2) is 9.18 Å². The zero-order chi connectivity index (χ0) is 20.4. The molecular formula is C18H21ClFN3O3S. The zero-order valence-corrected chi connectivity index (χ0v) is 17.1. The summed E-state index contributed by atoms with van der Waals surface area (Å²) in [5.74, 6) is -0.976. The molecule has 27 heavy (non-hydrogen) atoms. The third-order valence-corrected chi connectivity index (χ3v) is 4.21. The molecule has 0 saturated carbocycles. The van der Waals surface area contributed by atoms with E-state index in [1.807, 2.05) is 0 Å². The van der Waals surface area contributed by atoms with Crippen molar-refractivity contribution in [2.75, 3.05) is 5.43 Å². The van der Waals surface area contributed by atoms with Gasteiger partial charge >= 0.3 is 11.7 Å². The van der Waals surface area contributed by atoms with Crippen molar-refractivity contribution in [3.63, 3.8) is 0 Å². The number of benzene rings is 1. The molecule has 146 valence electrons. The molecule has 1 aromatic carbocycles. The largest absolute Gasteiger partial charge is 0.459 e. The number of hydrogen-bond acceptors (Lipinski definition) is 5. The molecule has 0 atom stereocenters. The molecule has 2 rings (SSSR count). The Morgan fingerprint density at radius 1 is 1.33 bits per heavy atom. The standard InChI is InChI=1S/C18H21ClFN3O3S/c1-11-7-15(27)23(21-9-12-8-13(20)5-6-14(12)19)17(25)22(11)10-16(24)26-18(2,3)4/h5-8,21H,9-10H2,1-4H3. The van der Waals surface area contributed by atoms with Crippen LogP contribution in [0.5, 0.6) is 0 Å². The van der Waals surface area contributed by atoms with Crippen LogP contribution in [0.2, 0.25) is 5.02 Å². The zero-order valence-electron chi connectivity index (χ0n) is 15.5. The summed E-state index contributed by atoms with van der Waals surface area (Å²) in [6.45, 7) is 6.75. The first-order valence-electron chi connectivity index (χ1n) is 8.21. The summed E-state index contributed by atoms with van der Waals surface area (Å²) >= 11 is 11.3. The maximum atomic E-state index is 13.4. The fraction of sp³-hybridized carbons (Fsp3) is 0.389. The molecule has 1 aromatic heterocycles. The van der Waals surface area contributed by atoms with E-state index < -0.39 is 23.1 Å². The minimum atomic E-state index is -0.658. The average Bonchev–Trinajstić information content (AvgIpc) is 2.52. The van der Waals surface area contributed by atoms with Crippen molar-refractivity contribution in [3.8, 4) is 0 Å². The Bertz CT molecular complexity index is 979. The molecule has 0 amide bonds. The van der Waals surface area contributed by atoms with Crippen molar-refractivity contribution >= 4 is 29.8 Å². The van der Waals surface area contributed by atoms with Crippen molar-refractivity contribution in [1.29, 1.82) is 0 Å². The van der Waals surface area contributed by atoms with Crippen LogP contribution in [0.15, 0.2) is 29.1 Å². The van der Waals surface area contributed by atoms with Gasteiger partial charge in [-0.3, -0.25) is 9.36 Å². The Morgan fingerprint density at radius 3 is 2.63 bits per heavy atom. The van der Waals surface area contributed by atoms with Crippen LogP contribution in [0, 0.1) is 17.4 Å². The molecule has 1 N–H and O–H groups in total. The average molecular weight is 414 g/mol. The first-order valence-corrected chi connectivity index (χ1v) is 9.00. The van der Waals surface area contributed by atoms with Gasteiger partial charge in [0.25, 0.3) is 0 Å². The lowest BCUT2D eigenvalue weighted by Gasteiger charge is -2.21. The molecule has 0 aliphatic carbocycles. The minimum Gasteiger partial charge on any atom is -0.459 e. The van der Waals surface area contributed by atoms with Gasteiger partial charge in [0.2, 0.25) is 0 Å². The van der Waals surface area contributed by atoms with Crippen molar-refractivity contribution in [2.45, 2.75) is 46.4 Å². The summed E-state index contributed by atoms with van der Waals surface area (Å²) in [7, 11) is 0. The van der Waals surface area contributed by atoms with E-state index in [9.17, 15) is 14.0 Å². The summed E-state index contributed by atoms with van der Waals surface area (Å²) in [6.07, 6.45) is 0. The normalized spacial score (nSPS) is 11.3. The molecule has 0 saturated heterocycles. The molecule has 0 fully saturated rings. The second-order valence-electron chi connectivity index (χ2n) is 6.99. The Kier molecular flexibility index (Phi) is 6.43. The van der Waals surface area contributed by atoms with Crippen molar-refractivity contribution in [3.05, 3.63) is 61.5 Å². The first kappa shape index (κ1) is 21.1. The number of hydrogen-bond donors (Lipinski definition) is 1. The Morgan fingerprint density at radius 2 is 2.00 bits per heavy atom. The smallest absolute Gasteiger partial charge is 0.348 e. The number of nitrogens with one attached hydrogen (secondary N) is 1. The molecule has 0 aliphatic heterocycles. The molecule has 1 heterocycles. The Hall–Kier alpha value is -2.19. The van der Waals surface area contributed by atoms with Crippen molar-refractivity contribution < 1.29 is 13.9 Å². The summed E-state index contributed by atoms with van der Waals surface area (Å²) in [5.41, 5.74) is 2.64. The van der Waals surface area contributed by atoms with Crippen LogP contribution in [0.1, 0.15) is 32.0 Å². The van der Waals surface area contributed by atoms with Crippen LogP contribution in [0.3, 0.4) is 0 Å². The van der Waals surface area contributed by atoms with E-state index in [2.05, 4.69) is 5.43 Å². The monoisotopic (exact) mass is 413 g/mol. The predicted molar refractivity (Wildman–Crippen MR) is 105 cm³/mol. The number of esters is 1. The lowest BCUT2D eigenvalue weighted by Crippen LogP contribution is -2.40. The molecule has 9 heteroatoms. The van der Waals surface area contributed by atoms with E-state index in [1.165, 1.54) is 22.8 Å². The number of ether oxygens (including phenoxy) is 1.